The van der Waals surface area contributed by atoms with E-state index in [2.05, 4.69) is 15.3 Å². The van der Waals surface area contributed by atoms with Crippen LogP contribution in [0.15, 0.2) is 30.6 Å². The third-order valence-electron chi connectivity index (χ3n) is 4.50. The molecule has 4 rings (SSSR count). The summed E-state index contributed by atoms with van der Waals surface area (Å²) in [6, 6.07) is 5.95. The molecule has 0 amide bonds. The monoisotopic (exact) mass is 342 g/mol. The first kappa shape index (κ1) is 16.1. The maximum atomic E-state index is 6.07. The highest BCUT2D eigenvalue weighted by molar-refractivity contribution is 5.93. The van der Waals surface area contributed by atoms with E-state index >= 15 is 0 Å². The highest BCUT2D eigenvalue weighted by atomic mass is 16.6. The van der Waals surface area contributed by atoms with Gasteiger partial charge in [-0.2, -0.15) is 10.2 Å². The summed E-state index contributed by atoms with van der Waals surface area (Å²) >= 11 is 0. The zero-order valence-electron chi connectivity index (χ0n) is 14.4. The van der Waals surface area contributed by atoms with Crippen LogP contribution in [-0.2, 0) is 16.0 Å². The molecule has 2 aromatic heterocycles. The molecule has 1 aliphatic heterocycles. The van der Waals surface area contributed by atoms with Gasteiger partial charge in [0.1, 0.15) is 17.5 Å². The molecule has 25 heavy (non-hydrogen) atoms. The van der Waals surface area contributed by atoms with Crippen molar-refractivity contribution in [2.45, 2.75) is 32.6 Å². The van der Waals surface area contributed by atoms with Gasteiger partial charge in [0.05, 0.1) is 44.2 Å². The fourth-order valence-electron chi connectivity index (χ4n) is 2.89. The van der Waals surface area contributed by atoms with Crippen LogP contribution in [0.5, 0.6) is 5.75 Å². The van der Waals surface area contributed by atoms with E-state index < -0.39 is 0 Å². The number of nitrogens with one attached hydrogen (secondary N) is 1. The number of nitrogens with zero attached hydrogens (tertiary/aromatic N) is 3. The first-order valence-corrected chi connectivity index (χ1v) is 8.57. The Morgan fingerprint density at radius 1 is 1.16 bits per heavy atom. The molecule has 0 unspecified atom stereocenters. The summed E-state index contributed by atoms with van der Waals surface area (Å²) in [4.78, 5) is 0. The lowest BCUT2D eigenvalue weighted by Crippen LogP contribution is -2.30. The Morgan fingerprint density at radius 3 is 3.00 bits per heavy atom. The maximum absolute atomic E-state index is 6.07. The van der Waals surface area contributed by atoms with Crippen LogP contribution in [0, 0.1) is 0 Å². The van der Waals surface area contributed by atoms with Crippen LogP contribution in [0.4, 0.5) is 0 Å². The summed E-state index contributed by atoms with van der Waals surface area (Å²) in [6.07, 6.45) is 3.72. The normalized spacial score (nSPS) is 22.2. The number of benzene rings is 1. The number of aromatic nitrogens is 4. The minimum Gasteiger partial charge on any atom is -0.488 e. The Kier molecular flexibility index (Phi) is 4.42. The highest BCUT2D eigenvalue weighted by Gasteiger charge is 2.17. The van der Waals surface area contributed by atoms with Gasteiger partial charge in [-0.3, -0.25) is 9.78 Å². The average molecular weight is 342 g/mol. The lowest BCUT2D eigenvalue weighted by Gasteiger charge is -2.22. The standard InChI is InChI=1S/C18H22N4O3/c1-12-13(2)25-15-3-4-17-16(9-15)18(21-20-17)14-10-19-22(11-14)5-6-23-7-8-24-12/h3-4,9-13H,5-8H2,1-2H3,(H,20,21)/t12-,13+/m1/s1. The van der Waals surface area contributed by atoms with Crippen LogP contribution < -0.4 is 4.74 Å². The molecule has 1 aromatic carbocycles. The van der Waals surface area contributed by atoms with Gasteiger partial charge >= 0.3 is 0 Å². The van der Waals surface area contributed by atoms with Gasteiger partial charge in [0.15, 0.2) is 0 Å². The van der Waals surface area contributed by atoms with Crippen molar-refractivity contribution in [2.24, 2.45) is 0 Å². The van der Waals surface area contributed by atoms with Crippen molar-refractivity contribution < 1.29 is 14.2 Å². The zero-order chi connectivity index (χ0) is 17.2. The van der Waals surface area contributed by atoms with E-state index in [9.17, 15) is 0 Å². The molecule has 3 aromatic rings. The summed E-state index contributed by atoms with van der Waals surface area (Å²) < 4.78 is 19.4. The lowest BCUT2D eigenvalue weighted by atomic mass is 10.1. The van der Waals surface area contributed by atoms with Gasteiger partial charge in [0.25, 0.3) is 0 Å². The van der Waals surface area contributed by atoms with Crippen molar-refractivity contribution in [2.75, 3.05) is 19.8 Å². The number of rotatable bonds is 0. The Bertz CT molecular complexity index is 857. The van der Waals surface area contributed by atoms with Crippen molar-refractivity contribution in [3.05, 3.63) is 30.6 Å². The Morgan fingerprint density at radius 2 is 2.08 bits per heavy atom. The summed E-state index contributed by atoms with van der Waals surface area (Å²) in [5.41, 5.74) is 2.81. The highest BCUT2D eigenvalue weighted by Crippen LogP contribution is 2.29. The van der Waals surface area contributed by atoms with Crippen molar-refractivity contribution in [3.8, 4) is 17.0 Å². The predicted molar refractivity (Wildman–Crippen MR) is 93.6 cm³/mol. The largest absolute Gasteiger partial charge is 0.488 e. The van der Waals surface area contributed by atoms with Gasteiger partial charge in [0.2, 0.25) is 0 Å². The van der Waals surface area contributed by atoms with E-state index in [1.54, 1.807) is 0 Å². The molecule has 7 nitrogen and oxygen atoms in total. The number of aromatic amines is 1. The molecule has 0 aliphatic carbocycles. The van der Waals surface area contributed by atoms with Crippen molar-refractivity contribution in [1.82, 2.24) is 20.0 Å². The van der Waals surface area contributed by atoms with Gasteiger partial charge in [-0.05, 0) is 32.0 Å². The summed E-state index contributed by atoms with van der Waals surface area (Å²) in [6.45, 7) is 6.42. The number of hydrogen-bond donors (Lipinski definition) is 1. The molecule has 7 heteroatoms. The van der Waals surface area contributed by atoms with Crippen LogP contribution in [0.3, 0.4) is 0 Å². The maximum Gasteiger partial charge on any atom is 0.122 e. The van der Waals surface area contributed by atoms with Crippen molar-refractivity contribution in [3.63, 3.8) is 0 Å². The zero-order valence-corrected chi connectivity index (χ0v) is 14.4. The molecule has 1 N–H and O–H groups in total. The van der Waals surface area contributed by atoms with E-state index in [4.69, 9.17) is 14.2 Å². The van der Waals surface area contributed by atoms with E-state index in [0.29, 0.717) is 26.4 Å². The van der Waals surface area contributed by atoms with E-state index in [1.807, 2.05) is 49.1 Å². The van der Waals surface area contributed by atoms with Gasteiger partial charge < -0.3 is 14.2 Å². The first-order chi connectivity index (χ1) is 12.2. The smallest absolute Gasteiger partial charge is 0.122 e. The molecular weight excluding hydrogens is 320 g/mol. The minimum atomic E-state index is -0.0662. The molecule has 0 radical (unpaired) electrons. The fraction of sp³-hybridized carbons (Fsp3) is 0.444. The van der Waals surface area contributed by atoms with E-state index in [-0.39, 0.29) is 12.2 Å². The van der Waals surface area contributed by atoms with Crippen molar-refractivity contribution >= 4 is 10.9 Å². The van der Waals surface area contributed by atoms with E-state index in [0.717, 1.165) is 27.9 Å². The van der Waals surface area contributed by atoms with Crippen LogP contribution in [0.25, 0.3) is 22.2 Å². The summed E-state index contributed by atoms with van der Waals surface area (Å²) in [7, 11) is 0. The lowest BCUT2D eigenvalue weighted by molar-refractivity contribution is -0.0334. The van der Waals surface area contributed by atoms with Crippen LogP contribution in [0.2, 0.25) is 0 Å². The van der Waals surface area contributed by atoms with Gasteiger partial charge in [-0.25, -0.2) is 0 Å². The number of fused-ring (bicyclic) bond motifs is 4. The van der Waals surface area contributed by atoms with Gasteiger partial charge in [0, 0.05) is 17.1 Å². The fourth-order valence-corrected chi connectivity index (χ4v) is 2.89. The second-order valence-electron chi connectivity index (χ2n) is 6.28. The quantitative estimate of drug-likeness (QED) is 0.680. The second kappa shape index (κ2) is 6.85. The molecule has 0 fully saturated rings. The third kappa shape index (κ3) is 3.38. The van der Waals surface area contributed by atoms with Gasteiger partial charge in [-0.15, -0.1) is 0 Å². The van der Waals surface area contributed by atoms with Crippen LogP contribution in [0.1, 0.15) is 13.8 Å². The minimum absolute atomic E-state index is 0.0259. The molecule has 0 saturated heterocycles. The molecule has 132 valence electrons. The Balaban J connectivity index is 1.72. The topological polar surface area (TPSA) is 74.2 Å². The molecule has 1 aliphatic rings. The molecule has 2 atom stereocenters. The van der Waals surface area contributed by atoms with Crippen LogP contribution >= 0.6 is 0 Å². The van der Waals surface area contributed by atoms with E-state index in [1.165, 1.54) is 0 Å². The van der Waals surface area contributed by atoms with Crippen molar-refractivity contribution in [1.29, 1.82) is 0 Å². The Hall–Kier alpha value is -2.38. The Labute approximate surface area is 145 Å². The number of H-pyrrole nitrogens is 1. The molecular formula is C18H22N4O3. The molecule has 0 saturated carbocycles. The predicted octanol–water partition coefficient (Wildman–Crippen LogP) is 2.63. The van der Waals surface area contributed by atoms with Crippen LogP contribution in [-0.4, -0.2) is 52.0 Å². The molecule has 3 heterocycles. The SMILES string of the molecule is C[C@@H]1Oc2ccc3[nH]nc(c3c2)-c2cnn(c2)CCOCCO[C@@H]1C. The molecule has 0 spiro atoms. The number of hydrogen-bond acceptors (Lipinski definition) is 5. The molecule has 4 bridgehead atoms. The average Bonchev–Trinajstić information content (AvgIpc) is 3.23. The number of ether oxygens (including phenoxy) is 3. The first-order valence-electron chi connectivity index (χ1n) is 8.57. The summed E-state index contributed by atoms with van der Waals surface area (Å²) in [5, 5.41) is 12.9. The third-order valence-corrected chi connectivity index (χ3v) is 4.50. The summed E-state index contributed by atoms with van der Waals surface area (Å²) in [5.74, 6) is 0.800. The second-order valence-corrected chi connectivity index (χ2v) is 6.28. The van der Waals surface area contributed by atoms with Gasteiger partial charge in [-0.1, -0.05) is 0 Å².